The maximum Gasteiger partial charge on any atom is 0.326 e. The minimum Gasteiger partial charge on any atom is -0.480 e. The maximum absolute atomic E-state index is 11.0. The summed E-state index contributed by atoms with van der Waals surface area (Å²) in [5, 5.41) is 21.9. The average Bonchev–Trinajstić information content (AvgIpc) is 2.36. The van der Waals surface area contributed by atoms with Crippen LogP contribution in [0, 0.1) is 11.8 Å². The van der Waals surface area contributed by atoms with E-state index in [1.54, 1.807) is 0 Å². The fourth-order valence-corrected chi connectivity index (χ4v) is 1.67. The van der Waals surface area contributed by atoms with Crippen molar-refractivity contribution in [2.45, 2.75) is 66.5 Å². The Bertz CT molecular complexity index is 434. The summed E-state index contributed by atoms with van der Waals surface area (Å²) in [7, 11) is 0. The molecule has 0 saturated heterocycles. The standard InChI is InChI=1S/2C8H15NO3/c1-5(2)4-7(8(11)12)9-6(3)10;1-5(2)4-7(10)9-6(3)8(11)12/h5,7H,4H2,1-3H3,(H,9,10)(H,11,12);5-6H,4H2,1-3H3,(H,9,10)(H,11,12)/t7-;6-/m00/s1. The van der Waals surface area contributed by atoms with Crippen LogP contribution in [0.4, 0.5) is 0 Å². The van der Waals surface area contributed by atoms with Gasteiger partial charge in [0, 0.05) is 13.3 Å². The monoisotopic (exact) mass is 346 g/mol. The summed E-state index contributed by atoms with van der Waals surface area (Å²) in [5.74, 6) is -1.97. The molecule has 0 aromatic carbocycles. The Morgan fingerprint density at radius 2 is 1.33 bits per heavy atom. The van der Waals surface area contributed by atoms with Crippen molar-refractivity contribution in [2.75, 3.05) is 0 Å². The molecule has 0 aromatic heterocycles. The lowest BCUT2D eigenvalue weighted by atomic mass is 10.0. The lowest BCUT2D eigenvalue weighted by molar-refractivity contribution is -0.142. The summed E-state index contributed by atoms with van der Waals surface area (Å²) < 4.78 is 0. The molecule has 0 unspecified atom stereocenters. The lowest BCUT2D eigenvalue weighted by Gasteiger charge is -2.14. The predicted molar refractivity (Wildman–Crippen MR) is 89.4 cm³/mol. The van der Waals surface area contributed by atoms with E-state index in [2.05, 4.69) is 10.6 Å². The van der Waals surface area contributed by atoms with Crippen molar-refractivity contribution in [1.82, 2.24) is 10.6 Å². The zero-order chi connectivity index (χ0) is 19.4. The first kappa shape index (κ1) is 24.1. The molecule has 2 amide bonds. The van der Waals surface area contributed by atoms with Crippen LogP contribution in [0.5, 0.6) is 0 Å². The Morgan fingerprint density at radius 1 is 0.833 bits per heavy atom. The van der Waals surface area contributed by atoms with E-state index in [0.29, 0.717) is 12.8 Å². The van der Waals surface area contributed by atoms with Gasteiger partial charge in [-0.15, -0.1) is 0 Å². The number of carboxylic acids is 2. The quantitative estimate of drug-likeness (QED) is 0.523. The first-order valence-electron chi connectivity index (χ1n) is 7.88. The van der Waals surface area contributed by atoms with Crippen molar-refractivity contribution in [3.05, 3.63) is 0 Å². The van der Waals surface area contributed by atoms with Gasteiger partial charge in [0.05, 0.1) is 0 Å². The van der Waals surface area contributed by atoms with Gasteiger partial charge in [0.1, 0.15) is 12.1 Å². The number of hydrogen-bond donors (Lipinski definition) is 4. The SMILES string of the molecule is CC(=O)N[C@@H](CC(C)C)C(=O)O.CC(C)CC(=O)N[C@@H](C)C(=O)O. The van der Waals surface area contributed by atoms with Crippen molar-refractivity contribution >= 4 is 23.8 Å². The summed E-state index contributed by atoms with van der Waals surface area (Å²) in [5.41, 5.74) is 0. The van der Waals surface area contributed by atoms with Gasteiger partial charge in [0.2, 0.25) is 11.8 Å². The molecule has 8 heteroatoms. The Balaban J connectivity index is 0. The molecular formula is C16H30N2O6. The molecule has 0 heterocycles. The van der Waals surface area contributed by atoms with Gasteiger partial charge in [-0.1, -0.05) is 27.7 Å². The molecule has 0 radical (unpaired) electrons. The minimum absolute atomic E-state index is 0.208. The van der Waals surface area contributed by atoms with Crippen molar-refractivity contribution in [3.63, 3.8) is 0 Å². The number of amides is 2. The zero-order valence-corrected chi connectivity index (χ0v) is 15.3. The van der Waals surface area contributed by atoms with E-state index in [9.17, 15) is 19.2 Å². The highest BCUT2D eigenvalue weighted by atomic mass is 16.4. The second-order valence-electron chi connectivity index (χ2n) is 6.45. The molecule has 8 nitrogen and oxygen atoms in total. The summed E-state index contributed by atoms with van der Waals surface area (Å²) in [6.45, 7) is 10.4. The predicted octanol–water partition coefficient (Wildman–Crippen LogP) is 1.24. The van der Waals surface area contributed by atoms with Crippen LogP contribution >= 0.6 is 0 Å². The van der Waals surface area contributed by atoms with E-state index >= 15 is 0 Å². The van der Waals surface area contributed by atoms with Crippen LogP contribution in [0.25, 0.3) is 0 Å². The van der Waals surface area contributed by atoms with Gasteiger partial charge in [-0.3, -0.25) is 14.4 Å². The number of carbonyl (C=O) groups is 4. The van der Waals surface area contributed by atoms with Gasteiger partial charge < -0.3 is 20.8 Å². The number of carboxylic acid groups (broad SMARTS) is 2. The molecule has 0 fully saturated rings. The Labute approximate surface area is 143 Å². The van der Waals surface area contributed by atoms with Crippen LogP contribution in [0.15, 0.2) is 0 Å². The van der Waals surface area contributed by atoms with E-state index in [4.69, 9.17) is 10.2 Å². The second kappa shape index (κ2) is 12.3. The summed E-state index contributed by atoms with van der Waals surface area (Å²) >= 11 is 0. The van der Waals surface area contributed by atoms with Gasteiger partial charge in [0.15, 0.2) is 0 Å². The number of rotatable bonds is 8. The van der Waals surface area contributed by atoms with Gasteiger partial charge in [-0.25, -0.2) is 4.79 Å². The van der Waals surface area contributed by atoms with Crippen molar-refractivity contribution in [1.29, 1.82) is 0 Å². The van der Waals surface area contributed by atoms with Crippen molar-refractivity contribution in [3.8, 4) is 0 Å². The van der Waals surface area contributed by atoms with Crippen LogP contribution in [-0.4, -0.2) is 46.0 Å². The third-order valence-electron chi connectivity index (χ3n) is 2.72. The molecule has 0 bridgehead atoms. The first-order chi connectivity index (χ1) is 10.9. The highest BCUT2D eigenvalue weighted by Gasteiger charge is 2.19. The zero-order valence-electron chi connectivity index (χ0n) is 15.3. The molecule has 24 heavy (non-hydrogen) atoms. The van der Waals surface area contributed by atoms with Crippen molar-refractivity contribution in [2.24, 2.45) is 11.8 Å². The molecule has 2 atom stereocenters. The van der Waals surface area contributed by atoms with E-state index in [1.807, 2.05) is 27.7 Å². The van der Waals surface area contributed by atoms with Crippen LogP contribution in [-0.2, 0) is 19.2 Å². The smallest absolute Gasteiger partial charge is 0.326 e. The van der Waals surface area contributed by atoms with Gasteiger partial charge >= 0.3 is 11.9 Å². The Kier molecular flexibility index (Phi) is 12.4. The number of aliphatic carboxylic acids is 2. The molecule has 0 aliphatic carbocycles. The Morgan fingerprint density at radius 3 is 1.62 bits per heavy atom. The molecule has 4 N–H and O–H groups in total. The highest BCUT2D eigenvalue weighted by molar-refractivity contribution is 5.83. The van der Waals surface area contributed by atoms with Gasteiger partial charge in [-0.05, 0) is 25.2 Å². The number of carbonyl (C=O) groups excluding carboxylic acids is 2. The lowest BCUT2D eigenvalue weighted by Crippen LogP contribution is -2.40. The third kappa shape index (κ3) is 14.8. The summed E-state index contributed by atoms with van der Waals surface area (Å²) in [4.78, 5) is 42.4. The van der Waals surface area contributed by atoms with Crippen LogP contribution < -0.4 is 10.6 Å². The van der Waals surface area contributed by atoms with E-state index in [1.165, 1.54) is 13.8 Å². The van der Waals surface area contributed by atoms with E-state index in [0.717, 1.165) is 0 Å². The average molecular weight is 346 g/mol. The highest BCUT2D eigenvalue weighted by Crippen LogP contribution is 2.04. The van der Waals surface area contributed by atoms with Gasteiger partial charge in [-0.2, -0.15) is 0 Å². The fraction of sp³-hybridized carbons (Fsp3) is 0.750. The van der Waals surface area contributed by atoms with Gasteiger partial charge in [0.25, 0.3) is 0 Å². The van der Waals surface area contributed by atoms with Crippen LogP contribution in [0.3, 0.4) is 0 Å². The molecule has 0 aliphatic rings. The molecule has 0 aliphatic heterocycles. The summed E-state index contributed by atoms with van der Waals surface area (Å²) in [6.07, 6.45) is 0.840. The molecule has 0 rings (SSSR count). The van der Waals surface area contributed by atoms with E-state index in [-0.39, 0.29) is 23.7 Å². The number of nitrogens with one attached hydrogen (secondary N) is 2. The van der Waals surface area contributed by atoms with Crippen molar-refractivity contribution < 1.29 is 29.4 Å². The summed E-state index contributed by atoms with van der Waals surface area (Å²) in [6, 6.07) is -1.54. The molecule has 0 spiro atoms. The normalized spacial score (nSPS) is 12.7. The molecule has 0 aromatic rings. The molecule has 140 valence electrons. The number of hydrogen-bond acceptors (Lipinski definition) is 4. The second-order valence-corrected chi connectivity index (χ2v) is 6.45. The largest absolute Gasteiger partial charge is 0.480 e. The minimum atomic E-state index is -1.01. The topological polar surface area (TPSA) is 133 Å². The van der Waals surface area contributed by atoms with Crippen LogP contribution in [0.1, 0.15) is 54.4 Å². The first-order valence-corrected chi connectivity index (χ1v) is 7.88. The van der Waals surface area contributed by atoms with E-state index < -0.39 is 24.0 Å². The maximum atomic E-state index is 11.0. The van der Waals surface area contributed by atoms with Crippen LogP contribution in [0.2, 0.25) is 0 Å². The fourth-order valence-electron chi connectivity index (χ4n) is 1.67. The Hall–Kier alpha value is -2.12. The molecule has 0 saturated carbocycles. The molecular weight excluding hydrogens is 316 g/mol. The third-order valence-corrected chi connectivity index (χ3v) is 2.72.